The third-order valence-electron chi connectivity index (χ3n) is 5.46. The zero-order valence-corrected chi connectivity index (χ0v) is 15.6. The van der Waals surface area contributed by atoms with E-state index in [-0.39, 0.29) is 11.8 Å². The van der Waals surface area contributed by atoms with E-state index in [0.717, 1.165) is 43.0 Å². The molecule has 0 bridgehead atoms. The number of aromatic nitrogens is 3. The van der Waals surface area contributed by atoms with Crippen molar-refractivity contribution in [2.75, 3.05) is 0 Å². The fourth-order valence-corrected chi connectivity index (χ4v) is 3.88. The molecule has 2 amide bonds. The van der Waals surface area contributed by atoms with Gasteiger partial charge in [0.1, 0.15) is 11.9 Å². The Labute approximate surface area is 158 Å². The van der Waals surface area contributed by atoms with Crippen LogP contribution >= 0.6 is 0 Å². The number of fused-ring (bicyclic) bond motifs is 1. The maximum absolute atomic E-state index is 12.7. The van der Waals surface area contributed by atoms with Crippen molar-refractivity contribution in [1.29, 1.82) is 0 Å². The quantitative estimate of drug-likeness (QED) is 0.873. The van der Waals surface area contributed by atoms with Gasteiger partial charge in [0.05, 0.1) is 6.54 Å². The molecule has 2 aliphatic rings. The van der Waals surface area contributed by atoms with Crippen LogP contribution in [0.25, 0.3) is 0 Å². The van der Waals surface area contributed by atoms with Crippen molar-refractivity contribution in [3.05, 3.63) is 47.0 Å². The molecule has 0 saturated carbocycles. The van der Waals surface area contributed by atoms with E-state index in [2.05, 4.69) is 20.1 Å². The summed E-state index contributed by atoms with van der Waals surface area (Å²) in [6.45, 7) is 3.77. The van der Waals surface area contributed by atoms with E-state index in [1.54, 1.807) is 4.90 Å². The zero-order chi connectivity index (χ0) is 18.8. The molecule has 1 aromatic heterocycles. The third-order valence-corrected chi connectivity index (χ3v) is 5.46. The summed E-state index contributed by atoms with van der Waals surface area (Å²) in [4.78, 5) is 26.7. The lowest BCUT2D eigenvalue weighted by Gasteiger charge is -2.24. The van der Waals surface area contributed by atoms with Crippen LogP contribution < -0.4 is 5.32 Å². The highest BCUT2D eigenvalue weighted by Gasteiger charge is 2.36. The summed E-state index contributed by atoms with van der Waals surface area (Å²) in [5, 5.41) is 11.4. The number of rotatable bonds is 5. The molecule has 0 aliphatic carbocycles. The smallest absolute Gasteiger partial charge is 0.243 e. The Hall–Kier alpha value is -2.70. The molecule has 0 spiro atoms. The van der Waals surface area contributed by atoms with Crippen molar-refractivity contribution in [2.45, 2.75) is 64.7 Å². The first-order valence-corrected chi connectivity index (χ1v) is 9.65. The molecule has 27 heavy (non-hydrogen) atoms. The summed E-state index contributed by atoms with van der Waals surface area (Å²) in [5.74, 6) is 1.73. The predicted molar refractivity (Wildman–Crippen MR) is 99.6 cm³/mol. The lowest BCUT2D eigenvalue weighted by molar-refractivity contribution is -0.135. The van der Waals surface area contributed by atoms with Crippen molar-refractivity contribution in [3.63, 3.8) is 0 Å². The number of benzene rings is 1. The van der Waals surface area contributed by atoms with Crippen molar-refractivity contribution in [1.82, 2.24) is 25.0 Å². The predicted octanol–water partition coefficient (Wildman–Crippen LogP) is 1.73. The number of hydrogen-bond acceptors (Lipinski definition) is 4. The van der Waals surface area contributed by atoms with Crippen molar-refractivity contribution in [3.8, 4) is 0 Å². The number of nitrogens with zero attached hydrogens (tertiary/aromatic N) is 4. The van der Waals surface area contributed by atoms with Crippen molar-refractivity contribution >= 4 is 11.8 Å². The Morgan fingerprint density at radius 1 is 1.19 bits per heavy atom. The van der Waals surface area contributed by atoms with Gasteiger partial charge in [0.25, 0.3) is 0 Å². The van der Waals surface area contributed by atoms with Gasteiger partial charge in [-0.15, -0.1) is 10.2 Å². The summed E-state index contributed by atoms with van der Waals surface area (Å²) in [6.07, 6.45) is 4.19. The summed E-state index contributed by atoms with van der Waals surface area (Å²) in [7, 11) is 0. The first-order chi connectivity index (χ1) is 13.1. The fourth-order valence-electron chi connectivity index (χ4n) is 3.88. The monoisotopic (exact) mass is 367 g/mol. The van der Waals surface area contributed by atoms with Gasteiger partial charge in [0, 0.05) is 25.9 Å². The Bertz CT molecular complexity index is 843. The Morgan fingerprint density at radius 3 is 2.81 bits per heavy atom. The molecule has 7 nitrogen and oxygen atoms in total. The van der Waals surface area contributed by atoms with Crippen LogP contribution in [0.3, 0.4) is 0 Å². The van der Waals surface area contributed by atoms with Crippen molar-refractivity contribution in [2.24, 2.45) is 0 Å². The maximum Gasteiger partial charge on any atom is 0.243 e. The van der Waals surface area contributed by atoms with Crippen LogP contribution in [0.4, 0.5) is 0 Å². The Balaban J connectivity index is 1.40. The van der Waals surface area contributed by atoms with E-state index in [1.807, 2.05) is 31.2 Å². The molecular weight excluding hydrogens is 342 g/mol. The molecule has 1 saturated heterocycles. The van der Waals surface area contributed by atoms with E-state index >= 15 is 0 Å². The van der Waals surface area contributed by atoms with Gasteiger partial charge in [0.2, 0.25) is 11.8 Å². The van der Waals surface area contributed by atoms with E-state index in [1.165, 1.54) is 5.56 Å². The minimum Gasteiger partial charge on any atom is -0.347 e. The number of amides is 2. The highest BCUT2D eigenvalue weighted by Crippen LogP contribution is 2.22. The number of nitrogens with one attached hydrogen (secondary N) is 1. The average Bonchev–Trinajstić information content (AvgIpc) is 3.26. The highest BCUT2D eigenvalue weighted by atomic mass is 16.2. The molecule has 1 fully saturated rings. The van der Waals surface area contributed by atoms with Crippen LogP contribution in [0.15, 0.2) is 24.3 Å². The van der Waals surface area contributed by atoms with E-state index < -0.39 is 6.04 Å². The molecule has 1 aromatic carbocycles. The maximum atomic E-state index is 12.7. The van der Waals surface area contributed by atoms with Gasteiger partial charge in [-0.25, -0.2) is 0 Å². The van der Waals surface area contributed by atoms with Crippen LogP contribution in [0, 0.1) is 6.92 Å². The molecular formula is C20H25N5O2. The van der Waals surface area contributed by atoms with Gasteiger partial charge >= 0.3 is 0 Å². The molecule has 4 rings (SSSR count). The minimum atomic E-state index is -0.414. The first-order valence-electron chi connectivity index (χ1n) is 9.65. The second kappa shape index (κ2) is 7.50. The van der Waals surface area contributed by atoms with Gasteiger partial charge in [-0.05, 0) is 31.7 Å². The number of hydrogen-bond donors (Lipinski definition) is 1. The Morgan fingerprint density at radius 2 is 2.00 bits per heavy atom. The van der Waals surface area contributed by atoms with Crippen molar-refractivity contribution < 1.29 is 9.59 Å². The normalized spacial score (nSPS) is 19.2. The number of carbonyl (C=O) groups excluding carboxylic acids is 2. The molecule has 2 aliphatic heterocycles. The van der Waals surface area contributed by atoms with E-state index in [9.17, 15) is 9.59 Å². The molecule has 7 heteroatoms. The largest absolute Gasteiger partial charge is 0.347 e. The van der Waals surface area contributed by atoms with Gasteiger partial charge in [-0.3, -0.25) is 9.59 Å². The summed E-state index contributed by atoms with van der Waals surface area (Å²) in [6, 6.07) is 7.66. The molecule has 2 aromatic rings. The molecule has 142 valence electrons. The van der Waals surface area contributed by atoms with Crippen LogP contribution in [0.5, 0.6) is 0 Å². The fraction of sp³-hybridized carbons (Fsp3) is 0.500. The number of carbonyl (C=O) groups is 2. The van der Waals surface area contributed by atoms with Gasteiger partial charge in [-0.2, -0.15) is 0 Å². The van der Waals surface area contributed by atoms with Crippen LogP contribution in [-0.4, -0.2) is 37.5 Å². The van der Waals surface area contributed by atoms with Gasteiger partial charge < -0.3 is 14.8 Å². The molecule has 3 heterocycles. The lowest BCUT2D eigenvalue weighted by atomic mass is 10.1. The topological polar surface area (TPSA) is 80.1 Å². The molecule has 1 atom stereocenters. The minimum absolute atomic E-state index is 0.0376. The zero-order valence-electron chi connectivity index (χ0n) is 15.6. The van der Waals surface area contributed by atoms with Crippen LogP contribution in [0.1, 0.15) is 48.5 Å². The van der Waals surface area contributed by atoms with Crippen LogP contribution in [0.2, 0.25) is 0 Å². The summed E-state index contributed by atoms with van der Waals surface area (Å²) < 4.78 is 2.10. The summed E-state index contributed by atoms with van der Waals surface area (Å²) in [5.41, 5.74) is 2.22. The highest BCUT2D eigenvalue weighted by molar-refractivity contribution is 5.90. The third kappa shape index (κ3) is 3.72. The second-order valence-electron chi connectivity index (χ2n) is 7.42. The van der Waals surface area contributed by atoms with E-state index in [0.29, 0.717) is 25.9 Å². The summed E-state index contributed by atoms with van der Waals surface area (Å²) >= 11 is 0. The SMILES string of the molecule is Cc1ccc(CN2C(=O)CCC2C(=O)NCc2nnc3n2CCCC3)cc1. The molecule has 1 N–H and O–H groups in total. The standard InChI is InChI=1S/C20H25N5O2/c1-14-5-7-15(8-6-14)13-25-16(9-10-19(25)26)20(27)21-12-18-23-22-17-4-2-3-11-24(17)18/h5-8,16H,2-4,9-13H2,1H3,(H,21,27). The van der Waals surface area contributed by atoms with Crippen LogP contribution in [-0.2, 0) is 35.6 Å². The Kier molecular flexibility index (Phi) is 4.92. The lowest BCUT2D eigenvalue weighted by Crippen LogP contribution is -2.44. The second-order valence-corrected chi connectivity index (χ2v) is 7.42. The van der Waals surface area contributed by atoms with Gasteiger partial charge in [-0.1, -0.05) is 29.8 Å². The van der Waals surface area contributed by atoms with Gasteiger partial charge in [0.15, 0.2) is 5.82 Å². The number of aryl methyl sites for hydroxylation is 2. The molecule has 1 unspecified atom stereocenters. The first kappa shape index (κ1) is 17.7. The number of likely N-dealkylation sites (tertiary alicyclic amines) is 1. The molecule has 0 radical (unpaired) electrons. The average molecular weight is 367 g/mol. The van der Waals surface area contributed by atoms with E-state index in [4.69, 9.17) is 0 Å².